The first-order valence-corrected chi connectivity index (χ1v) is 5.29. The molecule has 0 aliphatic heterocycles. The lowest BCUT2D eigenvalue weighted by molar-refractivity contribution is -0.167. The predicted octanol–water partition coefficient (Wildman–Crippen LogP) is 2.43. The SMILES string of the molecule is O=C(O)c1ccc2cc(NC(=O)C(F)(F)F)ccc2n1. The van der Waals surface area contributed by atoms with Crippen molar-refractivity contribution in [3.05, 3.63) is 36.0 Å². The van der Waals surface area contributed by atoms with E-state index >= 15 is 0 Å². The van der Waals surface area contributed by atoms with Crippen molar-refractivity contribution < 1.29 is 27.9 Å². The molecule has 0 bridgehead atoms. The number of alkyl halides is 3. The minimum Gasteiger partial charge on any atom is -0.477 e. The molecule has 0 saturated heterocycles. The fourth-order valence-corrected chi connectivity index (χ4v) is 1.52. The lowest BCUT2D eigenvalue weighted by Gasteiger charge is -2.08. The quantitative estimate of drug-likeness (QED) is 0.887. The first-order valence-electron chi connectivity index (χ1n) is 5.29. The molecule has 0 aliphatic rings. The number of carboxylic acid groups (broad SMARTS) is 1. The van der Waals surface area contributed by atoms with E-state index in [1.165, 1.54) is 30.3 Å². The predicted molar refractivity (Wildman–Crippen MR) is 63.4 cm³/mol. The molecule has 8 heteroatoms. The summed E-state index contributed by atoms with van der Waals surface area (Å²) in [6, 6.07) is 6.44. The van der Waals surface area contributed by atoms with Crippen molar-refractivity contribution in [1.29, 1.82) is 0 Å². The van der Waals surface area contributed by atoms with Gasteiger partial charge in [-0.25, -0.2) is 9.78 Å². The van der Waals surface area contributed by atoms with Gasteiger partial charge in [-0.1, -0.05) is 6.07 Å². The summed E-state index contributed by atoms with van der Waals surface area (Å²) in [6.07, 6.45) is -4.97. The number of hydrogen-bond acceptors (Lipinski definition) is 3. The zero-order valence-corrected chi connectivity index (χ0v) is 9.73. The van der Waals surface area contributed by atoms with Gasteiger partial charge in [-0.2, -0.15) is 13.2 Å². The maximum Gasteiger partial charge on any atom is 0.471 e. The third-order valence-electron chi connectivity index (χ3n) is 2.42. The minimum absolute atomic E-state index is 0.0512. The van der Waals surface area contributed by atoms with Gasteiger partial charge >= 0.3 is 18.1 Å². The highest BCUT2D eigenvalue weighted by molar-refractivity contribution is 5.97. The van der Waals surface area contributed by atoms with E-state index < -0.39 is 18.1 Å². The fourth-order valence-electron chi connectivity index (χ4n) is 1.52. The van der Waals surface area contributed by atoms with E-state index in [0.717, 1.165) is 0 Å². The molecule has 2 rings (SSSR count). The van der Waals surface area contributed by atoms with Crippen molar-refractivity contribution in [2.24, 2.45) is 0 Å². The summed E-state index contributed by atoms with van der Waals surface area (Å²) >= 11 is 0. The van der Waals surface area contributed by atoms with Gasteiger partial charge in [-0.05, 0) is 24.3 Å². The van der Waals surface area contributed by atoms with Crippen LogP contribution in [0.25, 0.3) is 10.9 Å². The average Bonchev–Trinajstić information content (AvgIpc) is 2.36. The zero-order chi connectivity index (χ0) is 14.9. The molecule has 20 heavy (non-hydrogen) atoms. The van der Waals surface area contributed by atoms with Crippen molar-refractivity contribution in [1.82, 2.24) is 4.98 Å². The Labute approximate surface area is 110 Å². The number of carboxylic acids is 1. The largest absolute Gasteiger partial charge is 0.477 e. The van der Waals surface area contributed by atoms with Crippen LogP contribution in [-0.2, 0) is 4.79 Å². The van der Waals surface area contributed by atoms with Crippen LogP contribution < -0.4 is 5.32 Å². The number of hydrogen-bond donors (Lipinski definition) is 2. The van der Waals surface area contributed by atoms with E-state index in [-0.39, 0.29) is 11.4 Å². The molecular formula is C12H7F3N2O3. The zero-order valence-electron chi connectivity index (χ0n) is 9.73. The molecule has 2 N–H and O–H groups in total. The summed E-state index contributed by atoms with van der Waals surface area (Å²) in [4.78, 5) is 25.3. The first-order chi connectivity index (χ1) is 9.27. The lowest BCUT2D eigenvalue weighted by Crippen LogP contribution is -2.29. The molecule has 0 fully saturated rings. The fraction of sp³-hybridized carbons (Fsp3) is 0.0833. The van der Waals surface area contributed by atoms with Crippen LogP contribution in [0.5, 0.6) is 0 Å². The number of aromatic carboxylic acids is 1. The highest BCUT2D eigenvalue weighted by atomic mass is 19.4. The van der Waals surface area contributed by atoms with Gasteiger partial charge in [0.15, 0.2) is 0 Å². The Morgan fingerprint density at radius 3 is 2.45 bits per heavy atom. The molecule has 0 unspecified atom stereocenters. The monoisotopic (exact) mass is 284 g/mol. The summed E-state index contributed by atoms with van der Waals surface area (Å²) in [7, 11) is 0. The second-order valence-corrected chi connectivity index (χ2v) is 3.86. The molecule has 1 aromatic heterocycles. The van der Waals surface area contributed by atoms with Crippen LogP contribution in [0.2, 0.25) is 0 Å². The standard InChI is InChI=1S/C12H7F3N2O3/c13-12(14,15)11(20)16-7-2-4-8-6(5-7)1-3-9(17-8)10(18)19/h1-5H,(H,16,20)(H,18,19). The topological polar surface area (TPSA) is 79.3 Å². The van der Waals surface area contributed by atoms with Crippen LogP contribution in [0.1, 0.15) is 10.5 Å². The van der Waals surface area contributed by atoms with Crippen molar-refractivity contribution in [3.63, 3.8) is 0 Å². The number of pyridine rings is 1. The molecule has 1 aromatic carbocycles. The highest BCUT2D eigenvalue weighted by Crippen LogP contribution is 2.21. The smallest absolute Gasteiger partial charge is 0.471 e. The van der Waals surface area contributed by atoms with Crippen LogP contribution in [0.15, 0.2) is 30.3 Å². The second kappa shape index (κ2) is 4.80. The summed E-state index contributed by atoms with van der Waals surface area (Å²) in [5, 5.41) is 10.9. The van der Waals surface area contributed by atoms with E-state index in [0.29, 0.717) is 10.9 Å². The van der Waals surface area contributed by atoms with Gasteiger partial charge in [0.2, 0.25) is 0 Å². The summed E-state index contributed by atoms with van der Waals surface area (Å²) in [6.45, 7) is 0. The van der Waals surface area contributed by atoms with E-state index in [1.54, 1.807) is 5.32 Å². The molecule has 1 amide bonds. The van der Waals surface area contributed by atoms with E-state index in [1.807, 2.05) is 0 Å². The number of carbonyl (C=O) groups excluding carboxylic acids is 1. The minimum atomic E-state index is -4.97. The van der Waals surface area contributed by atoms with Gasteiger partial charge in [-0.3, -0.25) is 4.79 Å². The maximum atomic E-state index is 12.1. The molecule has 5 nitrogen and oxygen atoms in total. The number of rotatable bonds is 2. The molecule has 0 spiro atoms. The number of fused-ring (bicyclic) bond motifs is 1. The lowest BCUT2D eigenvalue weighted by atomic mass is 10.2. The Balaban J connectivity index is 2.33. The molecule has 2 aromatic rings. The van der Waals surface area contributed by atoms with Gasteiger partial charge in [0.05, 0.1) is 5.52 Å². The normalized spacial score (nSPS) is 11.3. The van der Waals surface area contributed by atoms with Crippen LogP contribution in [0, 0.1) is 0 Å². The van der Waals surface area contributed by atoms with E-state index in [9.17, 15) is 22.8 Å². The van der Waals surface area contributed by atoms with Crippen molar-refractivity contribution in [2.45, 2.75) is 6.18 Å². The maximum absolute atomic E-state index is 12.1. The molecule has 0 saturated carbocycles. The van der Waals surface area contributed by atoms with Crippen molar-refractivity contribution in [3.8, 4) is 0 Å². The number of nitrogens with zero attached hydrogens (tertiary/aromatic N) is 1. The van der Waals surface area contributed by atoms with Gasteiger partial charge in [0, 0.05) is 11.1 Å². The molecule has 1 heterocycles. The number of nitrogens with one attached hydrogen (secondary N) is 1. The van der Waals surface area contributed by atoms with Gasteiger partial charge in [0.1, 0.15) is 5.69 Å². The Morgan fingerprint density at radius 2 is 1.85 bits per heavy atom. The van der Waals surface area contributed by atoms with Crippen molar-refractivity contribution in [2.75, 3.05) is 5.32 Å². The van der Waals surface area contributed by atoms with Gasteiger partial charge < -0.3 is 10.4 Å². The molecule has 0 atom stereocenters. The molecule has 104 valence electrons. The Morgan fingerprint density at radius 1 is 1.15 bits per heavy atom. The number of benzene rings is 1. The molecule has 0 radical (unpaired) electrons. The molecular weight excluding hydrogens is 277 g/mol. The Hall–Kier alpha value is -2.64. The number of halogens is 3. The van der Waals surface area contributed by atoms with Crippen LogP contribution in [0.3, 0.4) is 0 Å². The number of amides is 1. The first kappa shape index (κ1) is 13.8. The Bertz CT molecular complexity index is 698. The van der Waals surface area contributed by atoms with Crippen molar-refractivity contribution >= 4 is 28.5 Å². The Kier molecular flexibility index (Phi) is 3.31. The van der Waals surface area contributed by atoms with E-state index in [2.05, 4.69) is 4.98 Å². The van der Waals surface area contributed by atoms with E-state index in [4.69, 9.17) is 5.11 Å². The summed E-state index contributed by atoms with van der Waals surface area (Å²) in [5.74, 6) is -3.28. The highest BCUT2D eigenvalue weighted by Gasteiger charge is 2.38. The number of aromatic nitrogens is 1. The third-order valence-corrected chi connectivity index (χ3v) is 2.42. The summed E-state index contributed by atoms with van der Waals surface area (Å²) < 4.78 is 36.3. The van der Waals surface area contributed by atoms with Gasteiger partial charge in [0.25, 0.3) is 0 Å². The third kappa shape index (κ3) is 2.85. The van der Waals surface area contributed by atoms with Crippen LogP contribution >= 0.6 is 0 Å². The second-order valence-electron chi connectivity index (χ2n) is 3.86. The number of carbonyl (C=O) groups is 2. The number of anilines is 1. The van der Waals surface area contributed by atoms with Crippen LogP contribution in [0.4, 0.5) is 18.9 Å². The van der Waals surface area contributed by atoms with Gasteiger partial charge in [-0.15, -0.1) is 0 Å². The average molecular weight is 284 g/mol. The van der Waals surface area contributed by atoms with Crippen LogP contribution in [-0.4, -0.2) is 28.1 Å². The summed E-state index contributed by atoms with van der Waals surface area (Å²) in [5.41, 5.74) is 0.0733. The molecule has 0 aliphatic carbocycles.